The van der Waals surface area contributed by atoms with Crippen LogP contribution in [0.3, 0.4) is 0 Å². The number of carbonyl (C=O) groups is 1. The molecule has 2 aromatic rings. The smallest absolute Gasteiger partial charge is 0.270 e. The van der Waals surface area contributed by atoms with Crippen LogP contribution in [-0.4, -0.2) is 51.9 Å². The molecule has 0 atom stereocenters. The summed E-state index contributed by atoms with van der Waals surface area (Å²) in [5, 5.41) is 9.96. The van der Waals surface area contributed by atoms with Crippen molar-refractivity contribution >= 4 is 51.8 Å². The van der Waals surface area contributed by atoms with Crippen LogP contribution in [0.4, 0.5) is 15.9 Å². The van der Waals surface area contributed by atoms with Gasteiger partial charge in [-0.1, -0.05) is 50.2 Å². The minimum Gasteiger partial charge on any atom is -0.368 e. The van der Waals surface area contributed by atoms with Crippen molar-refractivity contribution in [2.45, 2.75) is 65.0 Å². The fourth-order valence-corrected chi connectivity index (χ4v) is 7.31. The van der Waals surface area contributed by atoms with Crippen molar-refractivity contribution in [2.75, 3.05) is 36.0 Å². The molecule has 0 spiro atoms. The highest BCUT2D eigenvalue weighted by atomic mass is 32.2. The number of nitriles is 1. The van der Waals surface area contributed by atoms with Crippen molar-refractivity contribution in [3.63, 3.8) is 0 Å². The molecule has 210 valence electrons. The van der Waals surface area contributed by atoms with Crippen molar-refractivity contribution in [1.29, 1.82) is 5.26 Å². The van der Waals surface area contributed by atoms with E-state index in [4.69, 9.17) is 12.2 Å². The summed E-state index contributed by atoms with van der Waals surface area (Å²) in [4.78, 5) is 33.9. The lowest BCUT2D eigenvalue weighted by molar-refractivity contribution is -0.123. The second-order valence-electron chi connectivity index (χ2n) is 10.6. The highest BCUT2D eigenvalue weighted by molar-refractivity contribution is 8.26. The molecule has 1 aliphatic carbocycles. The minimum atomic E-state index is -0.292. The van der Waals surface area contributed by atoms with Gasteiger partial charge in [0.15, 0.2) is 0 Å². The summed E-state index contributed by atoms with van der Waals surface area (Å²) < 4.78 is 15.8. The van der Waals surface area contributed by atoms with E-state index in [-0.39, 0.29) is 28.9 Å². The maximum atomic E-state index is 13.6. The molecule has 3 fully saturated rings. The molecule has 5 rings (SSSR count). The number of aromatic nitrogens is 1. The number of benzene rings is 1. The molecule has 0 N–H and O–H groups in total. The van der Waals surface area contributed by atoms with Crippen LogP contribution in [0.15, 0.2) is 34.0 Å². The molecular weight excluding hydrogens is 545 g/mol. The fourth-order valence-electron chi connectivity index (χ4n) is 5.93. The van der Waals surface area contributed by atoms with E-state index in [1.165, 1.54) is 23.9 Å². The van der Waals surface area contributed by atoms with Crippen LogP contribution in [0.1, 0.15) is 62.1 Å². The van der Waals surface area contributed by atoms with Gasteiger partial charge in [0, 0.05) is 50.0 Å². The van der Waals surface area contributed by atoms with Crippen LogP contribution in [0.5, 0.6) is 0 Å². The van der Waals surface area contributed by atoms with Gasteiger partial charge in [-0.3, -0.25) is 19.1 Å². The first-order valence-corrected chi connectivity index (χ1v) is 15.3. The molecule has 1 saturated carbocycles. The van der Waals surface area contributed by atoms with Gasteiger partial charge in [-0.05, 0) is 62.1 Å². The maximum Gasteiger partial charge on any atom is 0.270 e. The van der Waals surface area contributed by atoms with Crippen molar-refractivity contribution in [3.05, 3.63) is 62.0 Å². The largest absolute Gasteiger partial charge is 0.368 e. The molecular formula is C30H34FN5O2S2. The van der Waals surface area contributed by atoms with E-state index < -0.39 is 0 Å². The number of hydrogen-bond acceptors (Lipinski definition) is 7. The number of anilines is 2. The summed E-state index contributed by atoms with van der Waals surface area (Å²) in [6.45, 7) is 7.01. The van der Waals surface area contributed by atoms with E-state index in [1.54, 1.807) is 28.5 Å². The van der Waals surface area contributed by atoms with Crippen LogP contribution < -0.4 is 15.4 Å². The zero-order chi connectivity index (χ0) is 28.4. The summed E-state index contributed by atoms with van der Waals surface area (Å²) in [6, 6.07) is 8.78. The van der Waals surface area contributed by atoms with E-state index in [2.05, 4.69) is 22.8 Å². The Balaban J connectivity index is 1.55. The molecule has 1 aromatic carbocycles. The third-order valence-corrected chi connectivity index (χ3v) is 9.47. The minimum absolute atomic E-state index is 0.0850. The lowest BCUT2D eigenvalue weighted by Gasteiger charge is -2.39. The van der Waals surface area contributed by atoms with Gasteiger partial charge in [0.25, 0.3) is 11.5 Å². The fraction of sp³-hybridized carbons (Fsp3) is 0.467. The van der Waals surface area contributed by atoms with Crippen molar-refractivity contribution in [2.24, 2.45) is 0 Å². The number of thioether (sulfide) groups is 1. The number of piperazine rings is 1. The van der Waals surface area contributed by atoms with Gasteiger partial charge in [0.05, 0.1) is 4.91 Å². The van der Waals surface area contributed by atoms with Crippen LogP contribution in [-0.2, 0) is 11.3 Å². The van der Waals surface area contributed by atoms with E-state index in [0.717, 1.165) is 55.6 Å². The van der Waals surface area contributed by atoms with Gasteiger partial charge in [0.2, 0.25) is 0 Å². The number of amides is 1. The molecule has 2 aliphatic heterocycles. The van der Waals surface area contributed by atoms with Crippen LogP contribution in [0, 0.1) is 24.1 Å². The van der Waals surface area contributed by atoms with Gasteiger partial charge >= 0.3 is 0 Å². The normalized spacial score (nSPS) is 19.2. The Labute approximate surface area is 244 Å². The Morgan fingerprint density at radius 1 is 1.10 bits per heavy atom. The van der Waals surface area contributed by atoms with Gasteiger partial charge < -0.3 is 9.80 Å². The number of hydrogen-bond donors (Lipinski definition) is 0. The average Bonchev–Trinajstić information content (AvgIpc) is 3.57. The van der Waals surface area contributed by atoms with E-state index in [1.807, 2.05) is 6.08 Å². The van der Waals surface area contributed by atoms with E-state index in [0.29, 0.717) is 47.5 Å². The number of nitrogens with zero attached hydrogens (tertiary/aromatic N) is 5. The number of carbonyl (C=O) groups excluding carboxylic acids is 1. The molecule has 1 aromatic heterocycles. The quantitative estimate of drug-likeness (QED) is 0.320. The van der Waals surface area contributed by atoms with Gasteiger partial charge in [-0.2, -0.15) is 5.26 Å². The van der Waals surface area contributed by atoms with Crippen molar-refractivity contribution in [3.8, 4) is 6.07 Å². The Kier molecular flexibility index (Phi) is 8.62. The summed E-state index contributed by atoms with van der Waals surface area (Å²) in [5.41, 5.74) is 2.09. The molecule has 0 radical (unpaired) electrons. The molecule has 0 bridgehead atoms. The number of thiocarbonyl (C=S) groups is 1. The second-order valence-corrected chi connectivity index (χ2v) is 12.3. The Morgan fingerprint density at radius 3 is 2.38 bits per heavy atom. The summed E-state index contributed by atoms with van der Waals surface area (Å²) in [6.07, 6.45) is 7.66. The number of halogens is 1. The average molecular weight is 580 g/mol. The molecule has 1 amide bonds. The molecule has 0 unspecified atom stereocenters. The molecule has 3 heterocycles. The molecule has 10 heteroatoms. The number of rotatable bonds is 7. The van der Waals surface area contributed by atoms with Crippen molar-refractivity contribution in [1.82, 2.24) is 9.47 Å². The first-order valence-electron chi connectivity index (χ1n) is 14.0. The summed E-state index contributed by atoms with van der Waals surface area (Å²) in [7, 11) is 0. The topological polar surface area (TPSA) is 72.6 Å². The summed E-state index contributed by atoms with van der Waals surface area (Å²) >= 11 is 6.95. The second kappa shape index (κ2) is 12.1. The SMILES string of the molecule is CCCCn1c(N2CCN(c3ccc(F)cc3)CC2)c(/C=C2/SC(=S)N(C3CCCC3)C2=O)c(C)c(C#N)c1=O. The predicted molar refractivity (Wildman–Crippen MR) is 163 cm³/mol. The van der Waals surface area contributed by atoms with E-state index >= 15 is 0 Å². The highest BCUT2D eigenvalue weighted by Crippen LogP contribution is 2.39. The molecule has 7 nitrogen and oxygen atoms in total. The first-order chi connectivity index (χ1) is 19.3. The molecule has 3 aliphatic rings. The lowest BCUT2D eigenvalue weighted by atomic mass is 10.0. The zero-order valence-electron chi connectivity index (χ0n) is 23.0. The Morgan fingerprint density at radius 2 is 1.75 bits per heavy atom. The third kappa shape index (κ3) is 5.41. The van der Waals surface area contributed by atoms with Crippen LogP contribution in [0.2, 0.25) is 0 Å². The van der Waals surface area contributed by atoms with Gasteiger partial charge in [-0.15, -0.1) is 0 Å². The van der Waals surface area contributed by atoms with E-state index in [9.17, 15) is 19.2 Å². The van der Waals surface area contributed by atoms with Gasteiger partial charge in [0.1, 0.15) is 27.6 Å². The molecule has 2 saturated heterocycles. The number of pyridine rings is 1. The first kappa shape index (κ1) is 28.4. The number of unbranched alkanes of at least 4 members (excludes halogenated alkanes) is 1. The monoisotopic (exact) mass is 579 g/mol. The Hall–Kier alpha value is -3.16. The predicted octanol–water partition coefficient (Wildman–Crippen LogP) is 5.44. The lowest BCUT2D eigenvalue weighted by Crippen LogP contribution is -2.48. The standard InChI is InChI=1S/C30H34FN5O2S2/c1-3-4-13-35-27(34-16-14-33(15-17-34)22-11-9-21(31)10-12-22)24(20(2)25(19-32)28(35)37)18-26-29(38)36(30(39)40-26)23-7-5-6-8-23/h9-12,18,23H,3-8,13-17H2,1-2H3/b26-18+. The third-order valence-electron chi connectivity index (χ3n) is 8.14. The highest BCUT2D eigenvalue weighted by Gasteiger charge is 2.38. The van der Waals surface area contributed by atoms with Crippen molar-refractivity contribution < 1.29 is 9.18 Å². The van der Waals surface area contributed by atoms with Crippen LogP contribution >= 0.6 is 24.0 Å². The zero-order valence-corrected chi connectivity index (χ0v) is 24.6. The summed E-state index contributed by atoms with van der Waals surface area (Å²) in [5.74, 6) is 0.399. The van der Waals surface area contributed by atoms with Gasteiger partial charge in [-0.25, -0.2) is 4.39 Å². The Bertz CT molecular complexity index is 1430. The molecule has 40 heavy (non-hydrogen) atoms. The maximum absolute atomic E-state index is 13.6. The van der Waals surface area contributed by atoms with Crippen LogP contribution in [0.25, 0.3) is 6.08 Å².